The van der Waals surface area contributed by atoms with E-state index in [1.54, 1.807) is 6.07 Å². The molecule has 2 aromatic carbocycles. The van der Waals surface area contributed by atoms with Crippen LogP contribution >= 0.6 is 23.2 Å². The number of ether oxygens (including phenoxy) is 1. The molecular weight excluding hydrogens is 281 g/mol. The van der Waals surface area contributed by atoms with Crippen LogP contribution in [-0.4, -0.2) is 6.54 Å². The molecule has 1 atom stereocenters. The molecule has 4 heteroatoms. The maximum absolute atomic E-state index is 6.05. The summed E-state index contributed by atoms with van der Waals surface area (Å²) in [4.78, 5) is 0. The van der Waals surface area contributed by atoms with E-state index >= 15 is 0 Å². The fraction of sp³-hybridized carbons (Fsp3) is 0.200. The van der Waals surface area contributed by atoms with E-state index in [1.807, 2.05) is 31.2 Å². The van der Waals surface area contributed by atoms with Crippen LogP contribution in [0.2, 0.25) is 10.0 Å². The second-order valence-corrected chi connectivity index (χ2v) is 5.47. The molecule has 1 heterocycles. The second kappa shape index (κ2) is 4.95. The van der Waals surface area contributed by atoms with Crippen LogP contribution in [0.1, 0.15) is 17.2 Å². The molecule has 1 aliphatic rings. The van der Waals surface area contributed by atoms with Crippen molar-refractivity contribution in [2.75, 3.05) is 11.9 Å². The van der Waals surface area contributed by atoms with Gasteiger partial charge in [-0.15, -0.1) is 0 Å². The van der Waals surface area contributed by atoms with E-state index < -0.39 is 0 Å². The van der Waals surface area contributed by atoms with Gasteiger partial charge in [-0.05, 0) is 42.3 Å². The highest BCUT2D eigenvalue weighted by molar-refractivity contribution is 6.42. The summed E-state index contributed by atoms with van der Waals surface area (Å²) in [7, 11) is 0. The van der Waals surface area contributed by atoms with Crippen LogP contribution in [0.5, 0.6) is 5.75 Å². The van der Waals surface area contributed by atoms with E-state index in [0.717, 1.165) is 17.0 Å². The van der Waals surface area contributed by atoms with Gasteiger partial charge in [-0.1, -0.05) is 35.3 Å². The van der Waals surface area contributed by atoms with Crippen molar-refractivity contribution < 1.29 is 4.74 Å². The Labute approximate surface area is 122 Å². The monoisotopic (exact) mass is 293 g/mol. The van der Waals surface area contributed by atoms with E-state index in [2.05, 4.69) is 11.4 Å². The van der Waals surface area contributed by atoms with Crippen molar-refractivity contribution in [2.45, 2.75) is 13.0 Å². The zero-order valence-electron chi connectivity index (χ0n) is 10.4. The Balaban J connectivity index is 1.90. The molecule has 2 nitrogen and oxygen atoms in total. The molecule has 0 amide bonds. The van der Waals surface area contributed by atoms with Crippen molar-refractivity contribution in [3.8, 4) is 5.75 Å². The SMILES string of the molecule is Cc1ccc2c(c1)OC(c1ccc(Cl)c(Cl)c1)CN2. The van der Waals surface area contributed by atoms with Gasteiger partial charge in [-0.25, -0.2) is 0 Å². The second-order valence-electron chi connectivity index (χ2n) is 4.66. The lowest BCUT2D eigenvalue weighted by atomic mass is 10.1. The Kier molecular flexibility index (Phi) is 3.29. The minimum Gasteiger partial charge on any atom is -0.482 e. The van der Waals surface area contributed by atoms with Crippen LogP contribution in [0.25, 0.3) is 0 Å². The molecule has 0 bridgehead atoms. The van der Waals surface area contributed by atoms with Gasteiger partial charge in [0.15, 0.2) is 0 Å². The molecule has 0 radical (unpaired) electrons. The van der Waals surface area contributed by atoms with Gasteiger partial charge in [-0.2, -0.15) is 0 Å². The first-order chi connectivity index (χ1) is 9.13. The molecule has 0 saturated carbocycles. The normalized spacial score (nSPS) is 17.3. The fourth-order valence-corrected chi connectivity index (χ4v) is 2.48. The van der Waals surface area contributed by atoms with Crippen LogP contribution in [0.15, 0.2) is 36.4 Å². The summed E-state index contributed by atoms with van der Waals surface area (Å²) in [6.45, 7) is 2.76. The standard InChI is InChI=1S/C15H13Cl2NO/c1-9-2-5-13-14(6-9)19-15(8-18-13)10-3-4-11(16)12(17)7-10/h2-7,15,18H,8H2,1H3. The third kappa shape index (κ3) is 2.51. The minimum atomic E-state index is -0.0518. The summed E-state index contributed by atoms with van der Waals surface area (Å²) in [5.41, 5.74) is 3.23. The van der Waals surface area contributed by atoms with Crippen LogP contribution in [0.4, 0.5) is 5.69 Å². The molecule has 98 valence electrons. The highest BCUT2D eigenvalue weighted by atomic mass is 35.5. The summed E-state index contributed by atoms with van der Waals surface area (Å²) in [6, 6.07) is 11.7. The average Bonchev–Trinajstić information content (AvgIpc) is 2.41. The van der Waals surface area contributed by atoms with Crippen molar-refractivity contribution >= 4 is 28.9 Å². The Morgan fingerprint density at radius 3 is 2.74 bits per heavy atom. The van der Waals surface area contributed by atoms with Crippen molar-refractivity contribution in [1.82, 2.24) is 0 Å². The molecule has 0 spiro atoms. The number of nitrogens with one attached hydrogen (secondary N) is 1. The van der Waals surface area contributed by atoms with Gasteiger partial charge in [-0.3, -0.25) is 0 Å². The third-order valence-electron chi connectivity index (χ3n) is 3.20. The number of rotatable bonds is 1. The zero-order valence-corrected chi connectivity index (χ0v) is 11.9. The number of hydrogen-bond acceptors (Lipinski definition) is 2. The molecule has 1 unspecified atom stereocenters. The van der Waals surface area contributed by atoms with Crippen LogP contribution in [0, 0.1) is 6.92 Å². The summed E-state index contributed by atoms with van der Waals surface area (Å²) in [5, 5.41) is 4.49. The highest BCUT2D eigenvalue weighted by Crippen LogP contribution is 2.36. The molecular formula is C15H13Cl2NO. The minimum absolute atomic E-state index is 0.0518. The van der Waals surface area contributed by atoms with Crippen molar-refractivity contribution in [3.63, 3.8) is 0 Å². The molecule has 19 heavy (non-hydrogen) atoms. The van der Waals surface area contributed by atoms with Gasteiger partial charge in [0.2, 0.25) is 0 Å². The predicted molar refractivity (Wildman–Crippen MR) is 79.5 cm³/mol. The Morgan fingerprint density at radius 1 is 1.11 bits per heavy atom. The van der Waals surface area contributed by atoms with E-state index in [4.69, 9.17) is 27.9 Å². The molecule has 1 N–H and O–H groups in total. The van der Waals surface area contributed by atoms with E-state index in [-0.39, 0.29) is 6.10 Å². The lowest BCUT2D eigenvalue weighted by Crippen LogP contribution is -2.23. The molecule has 0 aromatic heterocycles. The van der Waals surface area contributed by atoms with Gasteiger partial charge < -0.3 is 10.1 Å². The Hall–Kier alpha value is -1.38. The largest absolute Gasteiger partial charge is 0.482 e. The van der Waals surface area contributed by atoms with E-state index in [1.165, 1.54) is 5.56 Å². The highest BCUT2D eigenvalue weighted by Gasteiger charge is 2.21. The number of halogens is 2. The van der Waals surface area contributed by atoms with Gasteiger partial charge in [0.25, 0.3) is 0 Å². The van der Waals surface area contributed by atoms with E-state index in [9.17, 15) is 0 Å². The lowest BCUT2D eigenvalue weighted by molar-refractivity contribution is 0.210. The van der Waals surface area contributed by atoms with Gasteiger partial charge in [0.05, 0.1) is 22.3 Å². The molecule has 0 fully saturated rings. The number of fused-ring (bicyclic) bond motifs is 1. The predicted octanol–water partition coefficient (Wildman–Crippen LogP) is 4.85. The molecule has 0 aliphatic carbocycles. The summed E-state index contributed by atoms with van der Waals surface area (Å²) in [5.74, 6) is 0.877. The first kappa shape index (κ1) is 12.6. The summed E-state index contributed by atoms with van der Waals surface area (Å²) < 4.78 is 6.03. The van der Waals surface area contributed by atoms with Crippen LogP contribution < -0.4 is 10.1 Å². The van der Waals surface area contributed by atoms with Gasteiger partial charge in [0.1, 0.15) is 11.9 Å². The first-order valence-corrected chi connectivity index (χ1v) is 6.85. The molecule has 3 rings (SSSR count). The first-order valence-electron chi connectivity index (χ1n) is 6.09. The summed E-state index contributed by atoms with van der Waals surface area (Å²) >= 11 is 12.0. The number of anilines is 1. The summed E-state index contributed by atoms with van der Waals surface area (Å²) in [6.07, 6.45) is -0.0518. The average molecular weight is 294 g/mol. The number of aryl methyl sites for hydroxylation is 1. The molecule has 2 aromatic rings. The third-order valence-corrected chi connectivity index (χ3v) is 3.94. The quantitative estimate of drug-likeness (QED) is 0.812. The smallest absolute Gasteiger partial charge is 0.143 e. The Morgan fingerprint density at radius 2 is 1.95 bits per heavy atom. The molecule has 1 aliphatic heterocycles. The van der Waals surface area contributed by atoms with Gasteiger partial charge >= 0.3 is 0 Å². The Bertz CT molecular complexity index is 628. The van der Waals surface area contributed by atoms with E-state index in [0.29, 0.717) is 16.6 Å². The topological polar surface area (TPSA) is 21.3 Å². The van der Waals surface area contributed by atoms with Crippen LogP contribution in [-0.2, 0) is 0 Å². The molecule has 0 saturated heterocycles. The van der Waals surface area contributed by atoms with Crippen molar-refractivity contribution in [3.05, 3.63) is 57.6 Å². The zero-order chi connectivity index (χ0) is 13.4. The fourth-order valence-electron chi connectivity index (χ4n) is 2.17. The number of hydrogen-bond donors (Lipinski definition) is 1. The number of benzene rings is 2. The maximum atomic E-state index is 6.05. The van der Waals surface area contributed by atoms with Crippen molar-refractivity contribution in [2.24, 2.45) is 0 Å². The van der Waals surface area contributed by atoms with Gasteiger partial charge in [0, 0.05) is 0 Å². The van der Waals surface area contributed by atoms with Crippen LogP contribution in [0.3, 0.4) is 0 Å². The maximum Gasteiger partial charge on any atom is 0.143 e. The lowest BCUT2D eigenvalue weighted by Gasteiger charge is -2.28. The van der Waals surface area contributed by atoms with Crippen molar-refractivity contribution in [1.29, 1.82) is 0 Å².